The lowest BCUT2D eigenvalue weighted by Gasteiger charge is -2.14. The van der Waals surface area contributed by atoms with E-state index in [2.05, 4.69) is 16.0 Å². The van der Waals surface area contributed by atoms with Crippen LogP contribution >= 0.6 is 0 Å². The van der Waals surface area contributed by atoms with Crippen LogP contribution in [0.15, 0.2) is 24.4 Å². The van der Waals surface area contributed by atoms with E-state index < -0.39 is 0 Å². The van der Waals surface area contributed by atoms with Gasteiger partial charge in [-0.25, -0.2) is 0 Å². The van der Waals surface area contributed by atoms with E-state index >= 15 is 0 Å². The zero-order chi connectivity index (χ0) is 14.5. The van der Waals surface area contributed by atoms with Crippen LogP contribution in [0.1, 0.15) is 24.8 Å². The number of H-pyrrole nitrogens is 1. The van der Waals surface area contributed by atoms with E-state index in [1.165, 1.54) is 25.9 Å². The second kappa shape index (κ2) is 6.64. The average Bonchev–Trinajstić information content (AvgIpc) is 3.14. The van der Waals surface area contributed by atoms with Crippen molar-refractivity contribution in [3.63, 3.8) is 0 Å². The number of likely N-dealkylation sites (tertiary alicyclic amines) is 1. The van der Waals surface area contributed by atoms with Crippen molar-refractivity contribution in [1.82, 2.24) is 9.88 Å². The van der Waals surface area contributed by atoms with Gasteiger partial charge in [0.1, 0.15) is 5.75 Å². The quantitative estimate of drug-likeness (QED) is 0.829. The molecule has 4 nitrogen and oxygen atoms in total. The standard InChI is InChI=1S/C17H21N3O/c18-7-6-14-13-19-17-5-4-15(12-16(14)17)21-11-3-10-20-8-1-2-9-20/h4-5,12-13,19H,1-3,6,8-11H2. The lowest BCUT2D eigenvalue weighted by Crippen LogP contribution is -2.21. The number of hydrogen-bond acceptors (Lipinski definition) is 3. The van der Waals surface area contributed by atoms with Crippen LogP contribution < -0.4 is 4.74 Å². The van der Waals surface area contributed by atoms with Gasteiger partial charge in [-0.2, -0.15) is 5.26 Å². The number of nitrogens with one attached hydrogen (secondary N) is 1. The fourth-order valence-corrected chi connectivity index (χ4v) is 2.96. The first-order chi connectivity index (χ1) is 10.4. The van der Waals surface area contributed by atoms with Gasteiger partial charge in [-0.15, -0.1) is 0 Å². The summed E-state index contributed by atoms with van der Waals surface area (Å²) in [7, 11) is 0. The van der Waals surface area contributed by atoms with E-state index in [1.54, 1.807) is 0 Å². The van der Waals surface area contributed by atoms with Gasteiger partial charge in [-0.1, -0.05) is 0 Å². The SMILES string of the molecule is N#CCc1c[nH]c2ccc(OCCCN3CCCC3)cc12. The summed E-state index contributed by atoms with van der Waals surface area (Å²) in [6.07, 6.45) is 6.08. The van der Waals surface area contributed by atoms with Crippen LogP contribution in [0, 0.1) is 11.3 Å². The molecule has 0 aliphatic carbocycles. The first kappa shape index (κ1) is 14.0. The van der Waals surface area contributed by atoms with Gasteiger partial charge in [-0.05, 0) is 56.1 Å². The van der Waals surface area contributed by atoms with Gasteiger partial charge in [0.15, 0.2) is 0 Å². The monoisotopic (exact) mass is 283 g/mol. The van der Waals surface area contributed by atoms with Gasteiger partial charge < -0.3 is 14.6 Å². The van der Waals surface area contributed by atoms with Gasteiger partial charge in [0.25, 0.3) is 0 Å². The molecule has 21 heavy (non-hydrogen) atoms. The molecule has 1 N–H and O–H groups in total. The highest BCUT2D eigenvalue weighted by molar-refractivity contribution is 5.84. The third-order valence-electron chi connectivity index (χ3n) is 4.09. The maximum absolute atomic E-state index is 8.84. The number of nitriles is 1. The molecule has 4 heteroatoms. The molecule has 0 atom stereocenters. The first-order valence-corrected chi connectivity index (χ1v) is 7.69. The Morgan fingerprint density at radius 1 is 1.29 bits per heavy atom. The lowest BCUT2D eigenvalue weighted by molar-refractivity contribution is 0.263. The molecule has 0 unspecified atom stereocenters. The number of ether oxygens (including phenoxy) is 1. The third kappa shape index (κ3) is 3.37. The molecule has 0 amide bonds. The molecule has 1 aromatic heterocycles. The maximum Gasteiger partial charge on any atom is 0.120 e. The van der Waals surface area contributed by atoms with Crippen LogP contribution in [0.25, 0.3) is 10.9 Å². The molecule has 1 aliphatic heterocycles. The minimum absolute atomic E-state index is 0.429. The summed E-state index contributed by atoms with van der Waals surface area (Å²) in [5.74, 6) is 0.891. The number of benzene rings is 1. The normalized spacial score (nSPS) is 15.4. The lowest BCUT2D eigenvalue weighted by atomic mass is 10.1. The summed E-state index contributed by atoms with van der Waals surface area (Å²) in [4.78, 5) is 5.69. The Hall–Kier alpha value is -1.99. The van der Waals surface area contributed by atoms with E-state index in [0.29, 0.717) is 6.42 Å². The Labute approximate surface area is 125 Å². The molecular weight excluding hydrogens is 262 g/mol. The molecule has 0 radical (unpaired) electrons. The molecule has 1 aliphatic rings. The molecule has 1 fully saturated rings. The molecule has 2 aromatic rings. The molecule has 2 heterocycles. The number of fused-ring (bicyclic) bond motifs is 1. The van der Waals surface area contributed by atoms with Crippen LogP contribution in [0.4, 0.5) is 0 Å². The van der Waals surface area contributed by atoms with Gasteiger partial charge in [0.05, 0.1) is 19.1 Å². The number of rotatable bonds is 6. The van der Waals surface area contributed by atoms with Crippen LogP contribution in [0.5, 0.6) is 5.75 Å². The van der Waals surface area contributed by atoms with E-state index in [9.17, 15) is 0 Å². The predicted molar refractivity (Wildman–Crippen MR) is 83.4 cm³/mol. The largest absolute Gasteiger partial charge is 0.494 e. The van der Waals surface area contributed by atoms with Crippen molar-refractivity contribution in [2.45, 2.75) is 25.7 Å². The molecule has 1 saturated heterocycles. The maximum atomic E-state index is 8.84. The van der Waals surface area contributed by atoms with Crippen molar-refractivity contribution >= 4 is 10.9 Å². The highest BCUT2D eigenvalue weighted by Gasteiger charge is 2.10. The van der Waals surface area contributed by atoms with Crippen LogP contribution in [-0.4, -0.2) is 36.1 Å². The van der Waals surface area contributed by atoms with Crippen LogP contribution in [-0.2, 0) is 6.42 Å². The minimum atomic E-state index is 0.429. The second-order valence-corrected chi connectivity index (χ2v) is 5.61. The second-order valence-electron chi connectivity index (χ2n) is 5.61. The highest BCUT2D eigenvalue weighted by atomic mass is 16.5. The first-order valence-electron chi connectivity index (χ1n) is 7.69. The number of aromatic nitrogens is 1. The van der Waals surface area contributed by atoms with Crippen molar-refractivity contribution in [3.8, 4) is 11.8 Å². The zero-order valence-electron chi connectivity index (χ0n) is 12.3. The number of aromatic amines is 1. The van der Waals surface area contributed by atoms with E-state index in [0.717, 1.165) is 41.8 Å². The summed E-state index contributed by atoms with van der Waals surface area (Å²) in [6.45, 7) is 4.37. The van der Waals surface area contributed by atoms with Crippen LogP contribution in [0.3, 0.4) is 0 Å². The summed E-state index contributed by atoms with van der Waals surface area (Å²) in [5, 5.41) is 9.94. The summed E-state index contributed by atoms with van der Waals surface area (Å²) in [5.41, 5.74) is 2.10. The van der Waals surface area contributed by atoms with Gasteiger partial charge >= 0.3 is 0 Å². The molecule has 1 aromatic carbocycles. The molecule has 110 valence electrons. The Kier molecular flexibility index (Phi) is 4.42. The topological polar surface area (TPSA) is 52.1 Å². The number of nitrogens with zero attached hydrogens (tertiary/aromatic N) is 2. The van der Waals surface area contributed by atoms with Gasteiger partial charge in [-0.3, -0.25) is 0 Å². The number of hydrogen-bond donors (Lipinski definition) is 1. The fraction of sp³-hybridized carbons (Fsp3) is 0.471. The molecule has 3 rings (SSSR count). The average molecular weight is 283 g/mol. The summed E-state index contributed by atoms with van der Waals surface area (Å²) in [6, 6.07) is 8.25. The Morgan fingerprint density at radius 2 is 2.14 bits per heavy atom. The van der Waals surface area contributed by atoms with Crippen LogP contribution in [0.2, 0.25) is 0 Å². The smallest absolute Gasteiger partial charge is 0.120 e. The molecule has 0 saturated carbocycles. The molecule has 0 spiro atoms. The minimum Gasteiger partial charge on any atom is -0.494 e. The zero-order valence-corrected chi connectivity index (χ0v) is 12.3. The van der Waals surface area contributed by atoms with E-state index in [4.69, 9.17) is 10.00 Å². The summed E-state index contributed by atoms with van der Waals surface area (Å²) >= 11 is 0. The van der Waals surface area contributed by atoms with Crippen molar-refractivity contribution in [2.24, 2.45) is 0 Å². The fourth-order valence-electron chi connectivity index (χ4n) is 2.96. The van der Waals surface area contributed by atoms with Gasteiger partial charge in [0.2, 0.25) is 0 Å². The van der Waals surface area contributed by atoms with Crippen molar-refractivity contribution in [1.29, 1.82) is 5.26 Å². The van der Waals surface area contributed by atoms with Crippen molar-refractivity contribution in [2.75, 3.05) is 26.2 Å². The Morgan fingerprint density at radius 3 is 2.95 bits per heavy atom. The van der Waals surface area contributed by atoms with Crippen molar-refractivity contribution in [3.05, 3.63) is 30.0 Å². The summed E-state index contributed by atoms with van der Waals surface area (Å²) < 4.78 is 5.85. The van der Waals surface area contributed by atoms with E-state index in [-0.39, 0.29) is 0 Å². The van der Waals surface area contributed by atoms with Gasteiger partial charge in [0, 0.05) is 23.6 Å². The molecular formula is C17H21N3O. The molecule has 0 bridgehead atoms. The third-order valence-corrected chi connectivity index (χ3v) is 4.09. The highest BCUT2D eigenvalue weighted by Crippen LogP contribution is 2.24. The Balaban J connectivity index is 1.56. The Bertz CT molecular complexity index is 635. The van der Waals surface area contributed by atoms with E-state index in [1.807, 2.05) is 24.4 Å². The predicted octanol–water partition coefficient (Wildman–Crippen LogP) is 3.10. The van der Waals surface area contributed by atoms with Crippen molar-refractivity contribution < 1.29 is 4.74 Å².